The Bertz CT molecular complexity index is 748. The van der Waals surface area contributed by atoms with Crippen LogP contribution in [0.5, 0.6) is 11.5 Å². The highest BCUT2D eigenvalue weighted by Gasteiger charge is 2.12. The molecule has 3 rings (SSSR count). The predicted molar refractivity (Wildman–Crippen MR) is 108 cm³/mol. The quantitative estimate of drug-likeness (QED) is 0.603. The second-order valence-electron chi connectivity index (χ2n) is 6.85. The molecule has 1 aliphatic heterocycles. The van der Waals surface area contributed by atoms with Crippen molar-refractivity contribution in [2.75, 3.05) is 33.4 Å². The minimum Gasteiger partial charge on any atom is -0.493 e. The summed E-state index contributed by atoms with van der Waals surface area (Å²) in [5.74, 6) is 2.30. The highest BCUT2D eigenvalue weighted by Crippen LogP contribution is 2.29. The largest absolute Gasteiger partial charge is 0.493 e. The van der Waals surface area contributed by atoms with Gasteiger partial charge in [-0.05, 0) is 56.5 Å². The van der Waals surface area contributed by atoms with Crippen molar-refractivity contribution in [3.8, 4) is 11.5 Å². The summed E-state index contributed by atoms with van der Waals surface area (Å²) in [5, 5.41) is 0.623. The number of hydrogen-bond acceptors (Lipinski definition) is 5. The molecule has 2 aromatic rings. The fraction of sp³-hybridized carbons (Fsp3) is 0.524. The Balaban J connectivity index is 1.62. The Morgan fingerprint density at radius 2 is 2.00 bits per heavy atom. The van der Waals surface area contributed by atoms with E-state index in [9.17, 15) is 0 Å². The van der Waals surface area contributed by atoms with Crippen LogP contribution in [0.1, 0.15) is 43.3 Å². The average molecular weight is 390 g/mol. The van der Waals surface area contributed by atoms with Gasteiger partial charge in [0.2, 0.25) is 0 Å². The Morgan fingerprint density at radius 1 is 1.19 bits per heavy atom. The molecular weight excluding hydrogens is 362 g/mol. The third-order valence-corrected chi connectivity index (χ3v) is 5.18. The Kier molecular flexibility index (Phi) is 7.30. The molecule has 27 heavy (non-hydrogen) atoms. The zero-order chi connectivity index (χ0) is 19.1. The van der Waals surface area contributed by atoms with Gasteiger partial charge in [0.1, 0.15) is 5.82 Å². The van der Waals surface area contributed by atoms with Gasteiger partial charge >= 0.3 is 0 Å². The molecule has 2 heterocycles. The second-order valence-corrected chi connectivity index (χ2v) is 7.25. The average Bonchev–Trinajstić information content (AvgIpc) is 3.20. The first kappa shape index (κ1) is 19.9. The van der Waals surface area contributed by atoms with Crippen molar-refractivity contribution in [3.63, 3.8) is 0 Å². The van der Waals surface area contributed by atoms with Crippen molar-refractivity contribution in [3.05, 3.63) is 46.5 Å². The maximum atomic E-state index is 6.12. The van der Waals surface area contributed by atoms with Crippen LogP contribution in [0.25, 0.3) is 0 Å². The van der Waals surface area contributed by atoms with Gasteiger partial charge in [0.25, 0.3) is 0 Å². The fourth-order valence-electron chi connectivity index (χ4n) is 3.38. The summed E-state index contributed by atoms with van der Waals surface area (Å²) < 4.78 is 11.5. The molecule has 146 valence electrons. The second kappa shape index (κ2) is 9.90. The standard InChI is InChI=1S/C21H28ClN3O2/c1-3-18-17(22)15-23-21(24-18)14-16-7-8-19(26-2)20(13-16)27-12-6-11-25-9-4-5-10-25/h7-8,13,15H,3-6,9-12,14H2,1-2H3. The van der Waals surface area contributed by atoms with Gasteiger partial charge in [0, 0.05) is 19.2 Å². The number of methoxy groups -OCH3 is 1. The number of aromatic nitrogens is 2. The van der Waals surface area contributed by atoms with Gasteiger partial charge in [-0.25, -0.2) is 9.97 Å². The van der Waals surface area contributed by atoms with Crippen LogP contribution in [-0.2, 0) is 12.8 Å². The fourth-order valence-corrected chi connectivity index (χ4v) is 3.60. The molecule has 1 aromatic carbocycles. The molecule has 0 radical (unpaired) electrons. The number of halogens is 1. The Morgan fingerprint density at radius 3 is 2.74 bits per heavy atom. The van der Waals surface area contributed by atoms with Crippen LogP contribution in [-0.4, -0.2) is 48.2 Å². The number of benzene rings is 1. The molecule has 6 heteroatoms. The molecule has 1 fully saturated rings. The summed E-state index contributed by atoms with van der Waals surface area (Å²) in [6.45, 7) is 6.27. The van der Waals surface area contributed by atoms with Crippen LogP contribution in [0.4, 0.5) is 0 Å². The first-order valence-electron chi connectivity index (χ1n) is 9.72. The van der Waals surface area contributed by atoms with Crippen molar-refractivity contribution in [1.82, 2.24) is 14.9 Å². The lowest BCUT2D eigenvalue weighted by Gasteiger charge is -2.16. The molecule has 0 N–H and O–H groups in total. The Labute approximate surface area is 166 Å². The zero-order valence-corrected chi connectivity index (χ0v) is 17.0. The molecule has 0 spiro atoms. The van der Waals surface area contributed by atoms with E-state index in [1.165, 1.54) is 25.9 Å². The molecule has 0 unspecified atom stereocenters. The summed E-state index contributed by atoms with van der Waals surface area (Å²) >= 11 is 6.12. The van der Waals surface area contributed by atoms with E-state index in [1.54, 1.807) is 13.3 Å². The van der Waals surface area contributed by atoms with Gasteiger partial charge in [-0.15, -0.1) is 0 Å². The summed E-state index contributed by atoms with van der Waals surface area (Å²) in [6.07, 6.45) is 6.78. The van der Waals surface area contributed by atoms with Gasteiger partial charge in [0.05, 0.1) is 24.4 Å². The monoisotopic (exact) mass is 389 g/mol. The topological polar surface area (TPSA) is 47.5 Å². The third kappa shape index (κ3) is 5.56. The van der Waals surface area contributed by atoms with E-state index in [0.717, 1.165) is 48.0 Å². The van der Waals surface area contributed by atoms with E-state index in [4.69, 9.17) is 21.1 Å². The van der Waals surface area contributed by atoms with Crippen LogP contribution in [0.15, 0.2) is 24.4 Å². The molecule has 0 saturated carbocycles. The highest BCUT2D eigenvalue weighted by atomic mass is 35.5. The molecule has 1 aliphatic rings. The van der Waals surface area contributed by atoms with Crippen molar-refractivity contribution in [2.45, 2.75) is 39.0 Å². The van der Waals surface area contributed by atoms with Gasteiger partial charge in [-0.2, -0.15) is 0 Å². The third-order valence-electron chi connectivity index (χ3n) is 4.87. The van der Waals surface area contributed by atoms with Gasteiger partial charge < -0.3 is 14.4 Å². The Hall–Kier alpha value is -1.85. The van der Waals surface area contributed by atoms with Crippen molar-refractivity contribution in [2.24, 2.45) is 0 Å². The minimum atomic E-state index is 0.623. The summed E-state index contributed by atoms with van der Waals surface area (Å²) in [7, 11) is 1.67. The molecule has 5 nitrogen and oxygen atoms in total. The normalized spacial score (nSPS) is 14.5. The van der Waals surface area contributed by atoms with E-state index in [1.807, 2.05) is 25.1 Å². The van der Waals surface area contributed by atoms with Gasteiger partial charge in [-0.3, -0.25) is 0 Å². The SMILES string of the molecule is CCc1nc(Cc2ccc(OC)c(OCCCN3CCCC3)c2)ncc1Cl. The van der Waals surface area contributed by atoms with Crippen molar-refractivity contribution >= 4 is 11.6 Å². The molecule has 0 atom stereocenters. The van der Waals surface area contributed by atoms with Gasteiger partial charge in [-0.1, -0.05) is 24.6 Å². The van der Waals surface area contributed by atoms with E-state index >= 15 is 0 Å². The lowest BCUT2D eigenvalue weighted by atomic mass is 10.1. The number of likely N-dealkylation sites (tertiary alicyclic amines) is 1. The predicted octanol–water partition coefficient (Wildman–Crippen LogP) is 4.16. The van der Waals surface area contributed by atoms with E-state index in [0.29, 0.717) is 18.1 Å². The molecule has 1 aromatic heterocycles. The van der Waals surface area contributed by atoms with E-state index in [-0.39, 0.29) is 0 Å². The molecule has 1 saturated heterocycles. The van der Waals surface area contributed by atoms with Crippen LogP contribution >= 0.6 is 11.6 Å². The van der Waals surface area contributed by atoms with Gasteiger partial charge in [0.15, 0.2) is 11.5 Å². The lowest BCUT2D eigenvalue weighted by molar-refractivity contribution is 0.254. The van der Waals surface area contributed by atoms with Crippen LogP contribution in [0, 0.1) is 0 Å². The first-order valence-corrected chi connectivity index (χ1v) is 10.1. The summed E-state index contributed by atoms with van der Waals surface area (Å²) in [4.78, 5) is 11.4. The number of aryl methyl sites for hydroxylation is 1. The summed E-state index contributed by atoms with van der Waals surface area (Å²) in [5.41, 5.74) is 1.98. The smallest absolute Gasteiger partial charge is 0.161 e. The number of rotatable bonds is 9. The van der Waals surface area contributed by atoms with Crippen LogP contribution < -0.4 is 9.47 Å². The number of ether oxygens (including phenoxy) is 2. The maximum absolute atomic E-state index is 6.12. The van der Waals surface area contributed by atoms with Crippen LogP contribution in [0.2, 0.25) is 5.02 Å². The van der Waals surface area contributed by atoms with Crippen molar-refractivity contribution < 1.29 is 9.47 Å². The minimum absolute atomic E-state index is 0.623. The van der Waals surface area contributed by atoms with E-state index < -0.39 is 0 Å². The maximum Gasteiger partial charge on any atom is 0.161 e. The van der Waals surface area contributed by atoms with Crippen LogP contribution in [0.3, 0.4) is 0 Å². The number of hydrogen-bond donors (Lipinski definition) is 0. The highest BCUT2D eigenvalue weighted by molar-refractivity contribution is 6.31. The van der Waals surface area contributed by atoms with Crippen molar-refractivity contribution in [1.29, 1.82) is 0 Å². The summed E-state index contributed by atoms with van der Waals surface area (Å²) in [6, 6.07) is 6.00. The first-order chi connectivity index (χ1) is 13.2. The molecular formula is C21H28ClN3O2. The number of nitrogens with zero attached hydrogens (tertiary/aromatic N) is 3. The molecule has 0 bridgehead atoms. The van der Waals surface area contributed by atoms with E-state index in [2.05, 4.69) is 14.9 Å². The zero-order valence-electron chi connectivity index (χ0n) is 16.2. The molecule has 0 amide bonds. The lowest BCUT2D eigenvalue weighted by Crippen LogP contribution is -2.21. The molecule has 0 aliphatic carbocycles.